The SMILES string of the molecule is Cc1c(F)cc(N)cc1S(=O)(=O)NCC(O)C(F)F. The normalized spacial score (nSPS) is 13.8. The highest BCUT2D eigenvalue weighted by Crippen LogP contribution is 2.21. The van der Waals surface area contributed by atoms with Gasteiger partial charge in [-0.05, 0) is 19.1 Å². The van der Waals surface area contributed by atoms with Gasteiger partial charge >= 0.3 is 0 Å². The molecule has 0 saturated carbocycles. The highest BCUT2D eigenvalue weighted by Gasteiger charge is 2.23. The fourth-order valence-corrected chi connectivity index (χ4v) is 2.65. The molecule has 0 radical (unpaired) electrons. The molecule has 0 amide bonds. The molecule has 0 aliphatic carbocycles. The van der Waals surface area contributed by atoms with E-state index in [1.807, 2.05) is 0 Å². The Morgan fingerprint density at radius 1 is 1.42 bits per heavy atom. The second kappa shape index (κ2) is 5.76. The second-order valence-electron chi connectivity index (χ2n) is 3.88. The fourth-order valence-electron chi connectivity index (χ4n) is 1.31. The van der Waals surface area contributed by atoms with Crippen molar-refractivity contribution < 1.29 is 26.7 Å². The summed E-state index contributed by atoms with van der Waals surface area (Å²) in [7, 11) is -4.23. The summed E-state index contributed by atoms with van der Waals surface area (Å²) >= 11 is 0. The van der Waals surface area contributed by atoms with Crippen molar-refractivity contribution in [2.75, 3.05) is 12.3 Å². The minimum Gasteiger partial charge on any atom is -0.399 e. The zero-order valence-corrected chi connectivity index (χ0v) is 10.7. The number of nitrogens with two attached hydrogens (primary N) is 1. The van der Waals surface area contributed by atoms with Crippen LogP contribution in [0.4, 0.5) is 18.9 Å². The molecule has 4 N–H and O–H groups in total. The summed E-state index contributed by atoms with van der Waals surface area (Å²) < 4.78 is 62.8. The molecular weight excluding hydrogens is 285 g/mol. The van der Waals surface area contributed by atoms with Crippen LogP contribution in [0.3, 0.4) is 0 Å². The lowest BCUT2D eigenvalue weighted by Crippen LogP contribution is -2.36. The second-order valence-corrected chi connectivity index (χ2v) is 5.61. The molecule has 9 heteroatoms. The Balaban J connectivity index is 3.01. The zero-order valence-electron chi connectivity index (χ0n) is 9.90. The monoisotopic (exact) mass is 298 g/mol. The van der Waals surface area contributed by atoms with E-state index in [1.165, 1.54) is 6.92 Å². The zero-order chi connectivity index (χ0) is 14.8. The van der Waals surface area contributed by atoms with Gasteiger partial charge in [-0.15, -0.1) is 0 Å². The number of hydrogen-bond acceptors (Lipinski definition) is 4. The highest BCUT2D eigenvalue weighted by atomic mass is 32.2. The van der Waals surface area contributed by atoms with E-state index in [-0.39, 0.29) is 11.3 Å². The van der Waals surface area contributed by atoms with Crippen molar-refractivity contribution in [3.05, 3.63) is 23.5 Å². The summed E-state index contributed by atoms with van der Waals surface area (Å²) in [6.07, 6.45) is -5.22. The molecule has 19 heavy (non-hydrogen) atoms. The van der Waals surface area contributed by atoms with E-state index in [0.29, 0.717) is 0 Å². The third kappa shape index (κ3) is 3.82. The summed E-state index contributed by atoms with van der Waals surface area (Å²) in [6, 6.07) is 1.96. The van der Waals surface area contributed by atoms with Gasteiger partial charge in [-0.25, -0.2) is 26.3 Å². The molecular formula is C10H13F3N2O3S. The number of sulfonamides is 1. The molecule has 0 aliphatic rings. The third-order valence-electron chi connectivity index (χ3n) is 2.38. The van der Waals surface area contributed by atoms with Crippen LogP contribution in [0.15, 0.2) is 17.0 Å². The maximum atomic E-state index is 13.4. The molecule has 0 bridgehead atoms. The maximum Gasteiger partial charge on any atom is 0.265 e. The van der Waals surface area contributed by atoms with Gasteiger partial charge in [-0.3, -0.25) is 0 Å². The van der Waals surface area contributed by atoms with E-state index in [0.717, 1.165) is 12.1 Å². The Bertz CT molecular complexity index is 563. The number of benzene rings is 1. The third-order valence-corrected chi connectivity index (χ3v) is 3.93. The number of aliphatic hydroxyl groups excluding tert-OH is 1. The average Bonchev–Trinajstić information content (AvgIpc) is 2.30. The first-order valence-electron chi connectivity index (χ1n) is 5.16. The van der Waals surface area contributed by atoms with Gasteiger partial charge in [-0.2, -0.15) is 0 Å². The maximum absolute atomic E-state index is 13.4. The first kappa shape index (κ1) is 15.7. The number of halogens is 3. The van der Waals surface area contributed by atoms with E-state index in [9.17, 15) is 21.6 Å². The molecule has 1 aromatic rings. The summed E-state index contributed by atoms with van der Waals surface area (Å²) in [5, 5.41) is 8.84. The molecule has 0 spiro atoms. The Kier molecular flexibility index (Phi) is 4.77. The van der Waals surface area contributed by atoms with E-state index >= 15 is 0 Å². The standard InChI is InChI=1S/C10H13F3N2O3S/c1-5-7(11)2-6(14)3-9(5)19(17,18)15-4-8(16)10(12)13/h2-3,8,10,15-16H,4,14H2,1H3. The number of nitrogens with one attached hydrogen (secondary N) is 1. The smallest absolute Gasteiger partial charge is 0.265 e. The Hall–Kier alpha value is -1.32. The lowest BCUT2D eigenvalue weighted by atomic mass is 10.2. The van der Waals surface area contributed by atoms with Crippen LogP contribution in [0, 0.1) is 12.7 Å². The van der Waals surface area contributed by atoms with Crippen molar-refractivity contribution in [3.8, 4) is 0 Å². The van der Waals surface area contributed by atoms with Crippen molar-refractivity contribution in [2.24, 2.45) is 0 Å². The lowest BCUT2D eigenvalue weighted by Gasteiger charge is -2.13. The minimum absolute atomic E-state index is 0.113. The molecule has 0 fully saturated rings. The van der Waals surface area contributed by atoms with Crippen molar-refractivity contribution in [1.82, 2.24) is 4.72 Å². The van der Waals surface area contributed by atoms with Crippen molar-refractivity contribution in [2.45, 2.75) is 24.3 Å². The molecule has 1 atom stereocenters. The number of nitrogen functional groups attached to an aromatic ring is 1. The van der Waals surface area contributed by atoms with Gasteiger partial charge < -0.3 is 10.8 Å². The molecule has 0 aromatic heterocycles. The number of hydrogen-bond donors (Lipinski definition) is 3. The van der Waals surface area contributed by atoms with Crippen LogP contribution in [0.1, 0.15) is 5.56 Å². The Morgan fingerprint density at radius 2 is 2.00 bits per heavy atom. The van der Waals surface area contributed by atoms with Crippen LogP contribution in [0.5, 0.6) is 0 Å². The van der Waals surface area contributed by atoms with Crippen molar-refractivity contribution >= 4 is 15.7 Å². The summed E-state index contributed by atoms with van der Waals surface area (Å²) in [5.74, 6) is -0.824. The van der Waals surface area contributed by atoms with Crippen LogP contribution >= 0.6 is 0 Å². The number of alkyl halides is 2. The molecule has 5 nitrogen and oxygen atoms in total. The molecule has 0 saturated heterocycles. The largest absolute Gasteiger partial charge is 0.399 e. The summed E-state index contributed by atoms with van der Waals surface area (Å²) in [6.45, 7) is 0.336. The van der Waals surface area contributed by atoms with Gasteiger partial charge in [0, 0.05) is 17.8 Å². The van der Waals surface area contributed by atoms with Gasteiger partial charge in [0.05, 0.1) is 4.90 Å². The quantitative estimate of drug-likeness (QED) is 0.695. The molecule has 108 valence electrons. The van der Waals surface area contributed by atoms with Gasteiger partial charge in [0.2, 0.25) is 10.0 Å². The highest BCUT2D eigenvalue weighted by molar-refractivity contribution is 7.89. The van der Waals surface area contributed by atoms with E-state index in [4.69, 9.17) is 10.8 Å². The predicted octanol–water partition coefficient (Wildman–Crippen LogP) is 0.621. The van der Waals surface area contributed by atoms with Gasteiger partial charge in [0.15, 0.2) is 0 Å². The number of aliphatic hydroxyl groups is 1. The van der Waals surface area contributed by atoms with Gasteiger partial charge in [0.25, 0.3) is 6.43 Å². The number of rotatable bonds is 5. The first-order chi connectivity index (χ1) is 8.65. The van der Waals surface area contributed by atoms with E-state index < -0.39 is 39.8 Å². The summed E-state index contributed by atoms with van der Waals surface area (Å²) in [5.41, 5.74) is 5.03. The van der Waals surface area contributed by atoms with Gasteiger partial charge in [-0.1, -0.05) is 0 Å². The Morgan fingerprint density at radius 3 is 2.53 bits per heavy atom. The predicted molar refractivity (Wildman–Crippen MR) is 62.7 cm³/mol. The fraction of sp³-hybridized carbons (Fsp3) is 0.400. The van der Waals surface area contributed by atoms with Crippen molar-refractivity contribution in [1.29, 1.82) is 0 Å². The lowest BCUT2D eigenvalue weighted by molar-refractivity contribution is -0.000453. The first-order valence-corrected chi connectivity index (χ1v) is 6.65. The molecule has 1 aromatic carbocycles. The molecule has 1 rings (SSSR count). The minimum atomic E-state index is -4.23. The van der Waals surface area contributed by atoms with Gasteiger partial charge in [0.1, 0.15) is 11.9 Å². The molecule has 1 unspecified atom stereocenters. The van der Waals surface area contributed by atoms with Crippen molar-refractivity contribution in [3.63, 3.8) is 0 Å². The van der Waals surface area contributed by atoms with Crippen LogP contribution < -0.4 is 10.5 Å². The van der Waals surface area contributed by atoms with Crippen LogP contribution in [0.25, 0.3) is 0 Å². The van der Waals surface area contributed by atoms with Crippen LogP contribution in [-0.2, 0) is 10.0 Å². The van der Waals surface area contributed by atoms with Crippen LogP contribution in [0.2, 0.25) is 0 Å². The van der Waals surface area contributed by atoms with E-state index in [2.05, 4.69) is 0 Å². The van der Waals surface area contributed by atoms with Crippen LogP contribution in [-0.4, -0.2) is 32.6 Å². The topological polar surface area (TPSA) is 92.4 Å². The summed E-state index contributed by atoms with van der Waals surface area (Å²) in [4.78, 5) is -0.452. The molecule has 0 heterocycles. The number of anilines is 1. The average molecular weight is 298 g/mol. The van der Waals surface area contributed by atoms with E-state index in [1.54, 1.807) is 4.72 Å². The Labute approximate surface area is 108 Å². The molecule has 0 aliphatic heterocycles.